The van der Waals surface area contributed by atoms with E-state index in [0.717, 1.165) is 38.5 Å². The first-order chi connectivity index (χ1) is 7.66. The Bertz CT molecular complexity index is 379. The smallest absolute Gasteiger partial charge is 0.212 e. The summed E-state index contributed by atoms with van der Waals surface area (Å²) < 4.78 is 26.1. The van der Waals surface area contributed by atoms with Gasteiger partial charge in [0.25, 0.3) is 0 Å². The molecular formula is C11H18N2O2S. The number of nitrogens with zero attached hydrogens (tertiary/aromatic N) is 2. The molecule has 1 atom stereocenters. The summed E-state index contributed by atoms with van der Waals surface area (Å²) in [5, 5.41) is 8.79. The molecule has 1 heterocycles. The van der Waals surface area contributed by atoms with Gasteiger partial charge in [-0.15, -0.1) is 0 Å². The van der Waals surface area contributed by atoms with E-state index in [1.54, 1.807) is 0 Å². The lowest BCUT2D eigenvalue weighted by atomic mass is 10.1. The van der Waals surface area contributed by atoms with Crippen molar-refractivity contribution in [3.8, 4) is 6.07 Å². The first-order valence-corrected chi connectivity index (χ1v) is 7.57. The van der Waals surface area contributed by atoms with Crippen LogP contribution in [0.5, 0.6) is 0 Å². The molecule has 0 N–H and O–H groups in total. The number of rotatable bonds is 2. The maximum atomic E-state index is 12.3. The zero-order valence-electron chi connectivity index (χ0n) is 9.43. The molecule has 1 saturated carbocycles. The number of hydrogen-bond donors (Lipinski definition) is 0. The molecule has 2 rings (SSSR count). The van der Waals surface area contributed by atoms with Crippen molar-refractivity contribution in [1.29, 1.82) is 5.26 Å². The Balaban J connectivity index is 2.18. The Kier molecular flexibility index (Phi) is 3.50. The van der Waals surface area contributed by atoms with Gasteiger partial charge in [0, 0.05) is 6.54 Å². The number of nitriles is 1. The van der Waals surface area contributed by atoms with Crippen molar-refractivity contribution in [2.24, 2.45) is 0 Å². The molecule has 0 aromatic heterocycles. The van der Waals surface area contributed by atoms with Crippen molar-refractivity contribution in [3.05, 3.63) is 0 Å². The molecule has 0 bridgehead atoms. The third kappa shape index (κ3) is 2.09. The van der Waals surface area contributed by atoms with Gasteiger partial charge in [-0.05, 0) is 32.1 Å². The van der Waals surface area contributed by atoms with Crippen LogP contribution in [0, 0.1) is 11.3 Å². The molecule has 0 amide bonds. The van der Waals surface area contributed by atoms with Crippen LogP contribution < -0.4 is 0 Å². The van der Waals surface area contributed by atoms with Crippen LogP contribution >= 0.6 is 0 Å². The van der Waals surface area contributed by atoms with Gasteiger partial charge in [0.1, 0.15) is 6.04 Å². The highest BCUT2D eigenvalue weighted by molar-refractivity contribution is 7.89. The molecule has 2 fully saturated rings. The Morgan fingerprint density at radius 2 is 1.69 bits per heavy atom. The van der Waals surface area contributed by atoms with E-state index in [4.69, 9.17) is 5.26 Å². The fraction of sp³-hybridized carbons (Fsp3) is 0.909. The van der Waals surface area contributed by atoms with Crippen LogP contribution in [-0.4, -0.2) is 30.6 Å². The van der Waals surface area contributed by atoms with Crippen molar-refractivity contribution in [2.45, 2.75) is 56.2 Å². The van der Waals surface area contributed by atoms with E-state index in [1.165, 1.54) is 4.31 Å². The molecule has 0 aromatic carbocycles. The number of piperidine rings is 1. The highest BCUT2D eigenvalue weighted by Gasteiger charge is 2.38. The highest BCUT2D eigenvalue weighted by atomic mass is 32.2. The van der Waals surface area contributed by atoms with Gasteiger partial charge in [-0.2, -0.15) is 9.57 Å². The van der Waals surface area contributed by atoms with E-state index in [9.17, 15) is 8.42 Å². The minimum Gasteiger partial charge on any atom is -0.212 e. The summed E-state index contributed by atoms with van der Waals surface area (Å²) in [5.41, 5.74) is 0. The molecule has 1 aliphatic heterocycles. The Morgan fingerprint density at radius 1 is 1.06 bits per heavy atom. The summed E-state index contributed by atoms with van der Waals surface area (Å²) in [6.45, 7) is 0.539. The van der Waals surface area contributed by atoms with Crippen LogP contribution in [0.3, 0.4) is 0 Å². The minimum absolute atomic E-state index is 0.221. The van der Waals surface area contributed by atoms with Crippen molar-refractivity contribution in [1.82, 2.24) is 4.31 Å². The van der Waals surface area contributed by atoms with Gasteiger partial charge in [-0.1, -0.05) is 12.8 Å². The summed E-state index contributed by atoms with van der Waals surface area (Å²) in [4.78, 5) is 0. The van der Waals surface area contributed by atoms with E-state index >= 15 is 0 Å². The van der Waals surface area contributed by atoms with Gasteiger partial charge in [-0.25, -0.2) is 8.42 Å². The maximum absolute atomic E-state index is 12.3. The van der Waals surface area contributed by atoms with Crippen LogP contribution in [0.4, 0.5) is 0 Å². The summed E-state index contributed by atoms with van der Waals surface area (Å²) in [6.07, 6.45) is 6.12. The molecule has 0 radical (unpaired) electrons. The third-order valence-electron chi connectivity index (χ3n) is 3.65. The molecule has 1 saturated heterocycles. The van der Waals surface area contributed by atoms with Gasteiger partial charge in [0.05, 0.1) is 11.3 Å². The van der Waals surface area contributed by atoms with Crippen LogP contribution in [0.2, 0.25) is 0 Å². The van der Waals surface area contributed by atoms with E-state index < -0.39 is 16.1 Å². The number of sulfonamides is 1. The predicted octanol–water partition coefficient (Wildman–Crippen LogP) is 1.64. The van der Waals surface area contributed by atoms with E-state index in [1.807, 2.05) is 0 Å². The quantitative estimate of drug-likeness (QED) is 0.739. The summed E-state index contributed by atoms with van der Waals surface area (Å²) in [7, 11) is -3.21. The predicted molar refractivity (Wildman–Crippen MR) is 61.1 cm³/mol. The second-order valence-corrected chi connectivity index (χ2v) is 6.87. The normalized spacial score (nSPS) is 29.1. The summed E-state index contributed by atoms with van der Waals surface area (Å²) in [6, 6.07) is 1.71. The Hall–Kier alpha value is -0.600. The fourth-order valence-electron chi connectivity index (χ4n) is 2.72. The minimum atomic E-state index is -3.21. The molecule has 2 aliphatic rings. The zero-order valence-corrected chi connectivity index (χ0v) is 10.2. The van der Waals surface area contributed by atoms with Crippen LogP contribution in [-0.2, 0) is 10.0 Å². The molecule has 0 aromatic rings. The molecule has 0 spiro atoms. The SMILES string of the molecule is N#CC1CCCCN1S(=O)(=O)C1CCCC1. The maximum Gasteiger partial charge on any atom is 0.218 e. The van der Waals surface area contributed by atoms with Crippen LogP contribution in [0.25, 0.3) is 0 Å². The van der Waals surface area contributed by atoms with Gasteiger partial charge >= 0.3 is 0 Å². The largest absolute Gasteiger partial charge is 0.218 e. The van der Waals surface area contributed by atoms with Crippen molar-refractivity contribution >= 4 is 10.0 Å². The zero-order chi connectivity index (χ0) is 11.6. The Labute approximate surface area is 97.3 Å². The van der Waals surface area contributed by atoms with Crippen LogP contribution in [0.1, 0.15) is 44.9 Å². The lowest BCUT2D eigenvalue weighted by molar-refractivity contribution is 0.293. The van der Waals surface area contributed by atoms with E-state index in [0.29, 0.717) is 13.0 Å². The molecular weight excluding hydrogens is 224 g/mol. The van der Waals surface area contributed by atoms with Crippen molar-refractivity contribution in [2.75, 3.05) is 6.54 Å². The first-order valence-electron chi connectivity index (χ1n) is 6.06. The van der Waals surface area contributed by atoms with Crippen LogP contribution in [0.15, 0.2) is 0 Å². The molecule has 16 heavy (non-hydrogen) atoms. The molecule has 90 valence electrons. The third-order valence-corrected chi connectivity index (χ3v) is 6.06. The lowest BCUT2D eigenvalue weighted by Crippen LogP contribution is -2.46. The van der Waals surface area contributed by atoms with E-state index in [-0.39, 0.29) is 5.25 Å². The molecule has 4 nitrogen and oxygen atoms in total. The first kappa shape index (κ1) is 11.9. The second-order valence-electron chi connectivity index (χ2n) is 4.70. The van der Waals surface area contributed by atoms with Crippen molar-refractivity contribution in [3.63, 3.8) is 0 Å². The number of hydrogen-bond acceptors (Lipinski definition) is 3. The molecule has 5 heteroatoms. The topological polar surface area (TPSA) is 61.2 Å². The average molecular weight is 242 g/mol. The monoisotopic (exact) mass is 242 g/mol. The lowest BCUT2D eigenvalue weighted by Gasteiger charge is -2.32. The van der Waals surface area contributed by atoms with Crippen molar-refractivity contribution < 1.29 is 8.42 Å². The Morgan fingerprint density at radius 3 is 2.31 bits per heavy atom. The molecule has 1 unspecified atom stereocenters. The van der Waals surface area contributed by atoms with E-state index in [2.05, 4.69) is 6.07 Å². The highest BCUT2D eigenvalue weighted by Crippen LogP contribution is 2.30. The second kappa shape index (κ2) is 4.72. The standard InChI is InChI=1S/C11H18N2O2S/c12-9-10-5-3-4-8-13(10)16(14,15)11-6-1-2-7-11/h10-11H,1-8H2. The average Bonchev–Trinajstić information content (AvgIpc) is 2.83. The summed E-state index contributed by atoms with van der Waals surface area (Å²) in [5.74, 6) is 0. The molecule has 1 aliphatic carbocycles. The van der Waals surface area contributed by atoms with Gasteiger partial charge in [0.2, 0.25) is 10.0 Å². The fourth-order valence-corrected chi connectivity index (χ4v) is 4.92. The van der Waals surface area contributed by atoms with Gasteiger partial charge in [0.15, 0.2) is 0 Å². The van der Waals surface area contributed by atoms with Gasteiger partial charge < -0.3 is 0 Å². The van der Waals surface area contributed by atoms with Gasteiger partial charge in [-0.3, -0.25) is 0 Å². The summed E-state index contributed by atoms with van der Waals surface area (Å²) >= 11 is 0.